The number of ether oxygens (including phenoxy) is 5. The molecule has 1 N–H and O–H groups in total. The van der Waals surface area contributed by atoms with Gasteiger partial charge < -0.3 is 33.9 Å². The fourth-order valence-corrected chi connectivity index (χ4v) is 4.00. The van der Waals surface area contributed by atoms with Crippen molar-refractivity contribution in [2.45, 2.75) is 33.0 Å². The summed E-state index contributed by atoms with van der Waals surface area (Å²) in [5.41, 5.74) is -1.00. The first-order valence-electron chi connectivity index (χ1n) is 13.7. The van der Waals surface area contributed by atoms with Crippen molar-refractivity contribution in [2.75, 3.05) is 32.6 Å². The van der Waals surface area contributed by atoms with Gasteiger partial charge in [0, 0.05) is 54.9 Å². The number of pyridine rings is 2. The van der Waals surface area contributed by atoms with Crippen LogP contribution in [0.2, 0.25) is 0 Å². The van der Waals surface area contributed by atoms with Crippen molar-refractivity contribution in [3.63, 3.8) is 0 Å². The van der Waals surface area contributed by atoms with Crippen molar-refractivity contribution in [3.05, 3.63) is 72.2 Å². The third-order valence-electron chi connectivity index (χ3n) is 6.09. The Morgan fingerprint density at radius 2 is 1.67 bits per heavy atom. The molecular formula is C31H30F4N4O7. The Bertz CT molecular complexity index is 1710. The average molecular weight is 647 g/mol. The quantitative estimate of drug-likeness (QED) is 0.175. The largest absolute Gasteiger partial charge is 0.493 e. The van der Waals surface area contributed by atoms with Crippen LogP contribution in [0.4, 0.5) is 28.0 Å². The van der Waals surface area contributed by atoms with Crippen molar-refractivity contribution >= 4 is 28.6 Å². The standard InChI is InChI=1S/C31H30F4N4O7/c1-31(2,3)46-30(41)39(4)10-11-43-26-15-22-18(14-25(26)42-5)23(7-9-37-22)44-27-20(32)12-17(13-21(27)33)38-28(40)19-16-36-8-6-24(19)45-29(34)35/h6-9,12-16,29H,10-11H2,1-5H3,(H,38,40). The Labute approximate surface area is 261 Å². The van der Waals surface area contributed by atoms with Gasteiger partial charge in [-0.2, -0.15) is 8.78 Å². The third-order valence-corrected chi connectivity index (χ3v) is 6.09. The van der Waals surface area contributed by atoms with Gasteiger partial charge in [-0.25, -0.2) is 13.6 Å². The zero-order chi connectivity index (χ0) is 33.6. The smallest absolute Gasteiger partial charge is 0.410 e. The minimum atomic E-state index is -3.21. The van der Waals surface area contributed by atoms with Gasteiger partial charge >= 0.3 is 12.7 Å². The number of alkyl halides is 2. The summed E-state index contributed by atoms with van der Waals surface area (Å²) < 4.78 is 82.1. The predicted octanol–water partition coefficient (Wildman–Crippen LogP) is 6.81. The maximum absolute atomic E-state index is 15.1. The van der Waals surface area contributed by atoms with Gasteiger partial charge in [0.25, 0.3) is 5.91 Å². The Balaban J connectivity index is 1.51. The Hall–Kier alpha value is -5.34. The molecule has 0 aliphatic heterocycles. The van der Waals surface area contributed by atoms with Crippen LogP contribution < -0.4 is 24.3 Å². The van der Waals surface area contributed by atoms with E-state index in [1.54, 1.807) is 33.9 Å². The molecule has 0 saturated carbocycles. The fourth-order valence-electron chi connectivity index (χ4n) is 4.00. The second kappa shape index (κ2) is 14.2. The van der Waals surface area contributed by atoms with Crippen LogP contribution in [0.3, 0.4) is 0 Å². The van der Waals surface area contributed by atoms with E-state index in [9.17, 15) is 18.4 Å². The minimum Gasteiger partial charge on any atom is -0.493 e. The van der Waals surface area contributed by atoms with E-state index in [0.29, 0.717) is 16.7 Å². The van der Waals surface area contributed by atoms with Crippen molar-refractivity contribution in [1.29, 1.82) is 0 Å². The molecule has 46 heavy (non-hydrogen) atoms. The van der Waals surface area contributed by atoms with E-state index in [2.05, 4.69) is 20.0 Å². The van der Waals surface area contributed by atoms with E-state index < -0.39 is 47.3 Å². The lowest BCUT2D eigenvalue weighted by atomic mass is 10.1. The topological polar surface area (TPSA) is 121 Å². The van der Waals surface area contributed by atoms with Crippen molar-refractivity contribution in [2.24, 2.45) is 0 Å². The van der Waals surface area contributed by atoms with Crippen molar-refractivity contribution in [1.82, 2.24) is 14.9 Å². The van der Waals surface area contributed by atoms with Crippen LogP contribution in [0.15, 0.2) is 55.0 Å². The molecule has 0 unspecified atom stereocenters. The lowest BCUT2D eigenvalue weighted by Gasteiger charge is -2.24. The molecule has 2 aromatic heterocycles. The summed E-state index contributed by atoms with van der Waals surface area (Å²) in [5, 5.41) is 2.56. The van der Waals surface area contributed by atoms with E-state index >= 15 is 8.78 Å². The van der Waals surface area contributed by atoms with E-state index in [0.717, 1.165) is 30.6 Å². The van der Waals surface area contributed by atoms with Crippen LogP contribution in [-0.2, 0) is 4.74 Å². The van der Waals surface area contributed by atoms with E-state index in [-0.39, 0.29) is 35.9 Å². The second-order valence-corrected chi connectivity index (χ2v) is 10.7. The number of benzene rings is 2. The molecular weight excluding hydrogens is 616 g/mol. The van der Waals surface area contributed by atoms with Gasteiger partial charge in [0.2, 0.25) is 0 Å². The first-order valence-corrected chi connectivity index (χ1v) is 13.7. The van der Waals surface area contributed by atoms with Gasteiger partial charge in [0.05, 0.1) is 19.2 Å². The first-order chi connectivity index (χ1) is 21.8. The highest BCUT2D eigenvalue weighted by Crippen LogP contribution is 2.38. The number of carbonyl (C=O) groups excluding carboxylic acids is 2. The molecule has 0 saturated heterocycles. The number of hydrogen-bond donors (Lipinski definition) is 1. The van der Waals surface area contributed by atoms with Gasteiger partial charge in [-0.05, 0) is 39.0 Å². The SMILES string of the molecule is COc1cc2c(Oc3c(F)cc(NC(=O)c4cnccc4OC(F)F)cc3F)ccnc2cc1OCCN(C)C(=O)OC(C)(C)C. The molecule has 2 amide bonds. The summed E-state index contributed by atoms with van der Waals surface area (Å²) in [6.45, 7) is 2.37. The number of nitrogens with one attached hydrogen (secondary N) is 1. The number of hydrogen-bond acceptors (Lipinski definition) is 9. The molecule has 0 atom stereocenters. The predicted molar refractivity (Wildman–Crippen MR) is 158 cm³/mol. The summed E-state index contributed by atoms with van der Waals surface area (Å²) >= 11 is 0. The summed E-state index contributed by atoms with van der Waals surface area (Å²) in [6.07, 6.45) is 2.96. The second-order valence-electron chi connectivity index (χ2n) is 10.7. The zero-order valence-corrected chi connectivity index (χ0v) is 25.4. The Morgan fingerprint density at radius 1 is 0.978 bits per heavy atom. The van der Waals surface area contributed by atoms with Gasteiger partial charge in [-0.3, -0.25) is 14.8 Å². The molecule has 0 radical (unpaired) electrons. The van der Waals surface area contributed by atoms with Gasteiger partial charge in [0.1, 0.15) is 29.3 Å². The highest BCUT2D eigenvalue weighted by Gasteiger charge is 2.22. The van der Waals surface area contributed by atoms with E-state index in [1.165, 1.54) is 30.3 Å². The molecule has 4 aromatic rings. The molecule has 0 spiro atoms. The summed E-state index contributed by atoms with van der Waals surface area (Å²) in [6, 6.07) is 7.09. The van der Waals surface area contributed by atoms with Crippen LogP contribution in [0, 0.1) is 11.6 Å². The monoisotopic (exact) mass is 646 g/mol. The molecule has 11 nitrogen and oxygen atoms in total. The number of likely N-dealkylation sites (N-methyl/N-ethyl adjacent to an activating group) is 1. The number of halogens is 4. The van der Waals surface area contributed by atoms with Gasteiger partial charge in [-0.1, -0.05) is 0 Å². The zero-order valence-electron chi connectivity index (χ0n) is 25.4. The van der Waals surface area contributed by atoms with Crippen molar-refractivity contribution < 1.29 is 50.8 Å². The average Bonchev–Trinajstić information content (AvgIpc) is 2.97. The van der Waals surface area contributed by atoms with Crippen LogP contribution in [0.5, 0.6) is 28.7 Å². The summed E-state index contributed by atoms with van der Waals surface area (Å²) in [4.78, 5) is 34.2. The molecule has 244 valence electrons. The Kier molecular flexibility index (Phi) is 10.3. The number of nitrogens with zero attached hydrogens (tertiary/aromatic N) is 3. The number of aromatic nitrogens is 2. The lowest BCUT2D eigenvalue weighted by molar-refractivity contribution is -0.0501. The van der Waals surface area contributed by atoms with Crippen LogP contribution in [0.25, 0.3) is 10.9 Å². The van der Waals surface area contributed by atoms with Gasteiger partial charge in [0.15, 0.2) is 28.9 Å². The molecule has 0 aliphatic rings. The molecule has 0 aliphatic carbocycles. The molecule has 4 rings (SSSR count). The first kappa shape index (κ1) is 33.6. The van der Waals surface area contributed by atoms with E-state index in [4.69, 9.17) is 18.9 Å². The normalized spacial score (nSPS) is 11.3. The number of rotatable bonds is 11. The summed E-state index contributed by atoms with van der Waals surface area (Å²) in [5.74, 6) is -3.99. The number of fused-ring (bicyclic) bond motifs is 1. The van der Waals surface area contributed by atoms with Crippen LogP contribution >= 0.6 is 0 Å². The molecule has 2 aromatic carbocycles. The number of anilines is 1. The maximum Gasteiger partial charge on any atom is 0.410 e. The molecule has 0 fully saturated rings. The summed E-state index contributed by atoms with van der Waals surface area (Å²) in [7, 11) is 2.97. The molecule has 2 heterocycles. The number of amides is 2. The highest BCUT2D eigenvalue weighted by atomic mass is 19.3. The Morgan fingerprint density at radius 3 is 2.33 bits per heavy atom. The minimum absolute atomic E-state index is 0.0262. The fraction of sp³-hybridized carbons (Fsp3) is 0.290. The maximum atomic E-state index is 15.1. The number of methoxy groups -OCH3 is 1. The van der Waals surface area contributed by atoms with Crippen LogP contribution in [-0.4, -0.2) is 66.4 Å². The van der Waals surface area contributed by atoms with Crippen molar-refractivity contribution in [3.8, 4) is 28.7 Å². The molecule has 0 bridgehead atoms. The highest BCUT2D eigenvalue weighted by molar-refractivity contribution is 6.06. The number of carbonyl (C=O) groups is 2. The van der Waals surface area contributed by atoms with E-state index in [1.807, 2.05) is 0 Å². The van der Waals surface area contributed by atoms with Crippen LogP contribution in [0.1, 0.15) is 31.1 Å². The lowest BCUT2D eigenvalue weighted by Crippen LogP contribution is -2.36. The molecule has 15 heteroatoms. The third kappa shape index (κ3) is 8.43. The van der Waals surface area contributed by atoms with Gasteiger partial charge in [-0.15, -0.1) is 0 Å².